The third-order valence-electron chi connectivity index (χ3n) is 4.27. The SMILES string of the molecule is Cc1cccc(-c2nn3c(-c4n[nH]c5c4CCC5)nnc3s2)c1. The molecule has 0 radical (unpaired) electrons. The van der Waals surface area contributed by atoms with Gasteiger partial charge in [-0.3, -0.25) is 5.10 Å². The van der Waals surface area contributed by atoms with E-state index < -0.39 is 0 Å². The Labute approximate surface area is 136 Å². The summed E-state index contributed by atoms with van der Waals surface area (Å²) in [5.41, 5.74) is 5.72. The van der Waals surface area contributed by atoms with Crippen LogP contribution < -0.4 is 0 Å². The second kappa shape index (κ2) is 4.73. The Morgan fingerprint density at radius 1 is 1.22 bits per heavy atom. The van der Waals surface area contributed by atoms with Gasteiger partial charge in [0.05, 0.1) is 0 Å². The Kier molecular flexibility index (Phi) is 2.66. The van der Waals surface area contributed by atoms with Crippen LogP contribution in [0.1, 0.15) is 23.2 Å². The summed E-state index contributed by atoms with van der Waals surface area (Å²) in [4.78, 5) is 0.797. The summed E-state index contributed by atoms with van der Waals surface area (Å²) < 4.78 is 1.82. The molecule has 0 unspecified atom stereocenters. The summed E-state index contributed by atoms with van der Waals surface area (Å²) in [6, 6.07) is 8.35. The first-order valence-corrected chi connectivity index (χ1v) is 8.47. The van der Waals surface area contributed by atoms with Gasteiger partial charge in [0, 0.05) is 16.8 Å². The fraction of sp³-hybridized carbons (Fsp3) is 0.250. The number of nitrogens with zero attached hydrogens (tertiary/aromatic N) is 5. The molecule has 6 nitrogen and oxygen atoms in total. The lowest BCUT2D eigenvalue weighted by Gasteiger charge is -1.97. The third-order valence-corrected chi connectivity index (χ3v) is 5.22. The number of hydrogen-bond acceptors (Lipinski definition) is 5. The van der Waals surface area contributed by atoms with E-state index in [1.165, 1.54) is 23.2 Å². The average molecular weight is 322 g/mol. The highest BCUT2D eigenvalue weighted by molar-refractivity contribution is 7.19. The first-order valence-electron chi connectivity index (χ1n) is 7.65. The van der Waals surface area contributed by atoms with E-state index in [1.54, 1.807) is 11.3 Å². The summed E-state index contributed by atoms with van der Waals surface area (Å²) >= 11 is 1.55. The summed E-state index contributed by atoms with van der Waals surface area (Å²) in [6.07, 6.45) is 3.28. The maximum Gasteiger partial charge on any atom is 0.235 e. The van der Waals surface area contributed by atoms with Crippen molar-refractivity contribution in [3.8, 4) is 22.1 Å². The van der Waals surface area contributed by atoms with E-state index in [0.717, 1.165) is 39.9 Å². The minimum atomic E-state index is 0.731. The minimum Gasteiger partial charge on any atom is -0.282 e. The number of aryl methyl sites for hydroxylation is 2. The van der Waals surface area contributed by atoms with Crippen molar-refractivity contribution in [3.05, 3.63) is 41.1 Å². The fourth-order valence-corrected chi connectivity index (χ4v) is 4.00. The monoisotopic (exact) mass is 322 g/mol. The zero-order valence-electron chi connectivity index (χ0n) is 12.6. The molecule has 23 heavy (non-hydrogen) atoms. The lowest BCUT2D eigenvalue weighted by atomic mass is 10.1. The number of aromatic nitrogens is 6. The molecule has 0 bridgehead atoms. The van der Waals surface area contributed by atoms with E-state index in [2.05, 4.69) is 51.6 Å². The second-order valence-corrected chi connectivity index (χ2v) is 6.83. The molecule has 114 valence electrons. The van der Waals surface area contributed by atoms with Gasteiger partial charge in [-0.1, -0.05) is 35.1 Å². The summed E-state index contributed by atoms with van der Waals surface area (Å²) in [5, 5.41) is 21.8. The molecule has 0 saturated heterocycles. The van der Waals surface area contributed by atoms with E-state index in [-0.39, 0.29) is 0 Å². The van der Waals surface area contributed by atoms with Crippen LogP contribution in [0, 0.1) is 6.92 Å². The van der Waals surface area contributed by atoms with Gasteiger partial charge in [-0.25, -0.2) is 0 Å². The Morgan fingerprint density at radius 2 is 2.17 bits per heavy atom. The smallest absolute Gasteiger partial charge is 0.235 e. The van der Waals surface area contributed by atoms with Crippen LogP contribution in [-0.2, 0) is 12.8 Å². The second-order valence-electron chi connectivity index (χ2n) is 5.88. The van der Waals surface area contributed by atoms with Gasteiger partial charge in [0.2, 0.25) is 10.8 Å². The van der Waals surface area contributed by atoms with E-state index in [4.69, 9.17) is 5.10 Å². The third kappa shape index (κ3) is 1.93. The van der Waals surface area contributed by atoms with Gasteiger partial charge in [-0.2, -0.15) is 14.7 Å². The van der Waals surface area contributed by atoms with Crippen LogP contribution in [0.2, 0.25) is 0 Å². The highest BCUT2D eigenvalue weighted by Crippen LogP contribution is 2.32. The maximum atomic E-state index is 4.72. The Morgan fingerprint density at radius 3 is 3.09 bits per heavy atom. The lowest BCUT2D eigenvalue weighted by molar-refractivity contribution is 0.859. The van der Waals surface area contributed by atoms with Gasteiger partial charge in [-0.05, 0) is 32.3 Å². The molecule has 0 saturated carbocycles. The molecule has 0 atom stereocenters. The highest BCUT2D eigenvalue weighted by Gasteiger charge is 2.24. The lowest BCUT2D eigenvalue weighted by Crippen LogP contribution is -1.94. The van der Waals surface area contributed by atoms with E-state index in [0.29, 0.717) is 0 Å². The molecule has 1 N–H and O–H groups in total. The van der Waals surface area contributed by atoms with Crippen LogP contribution in [0.5, 0.6) is 0 Å². The maximum absolute atomic E-state index is 4.72. The standard InChI is InChI=1S/C16H14N6S/c1-9-4-2-5-10(8-9)15-21-22-14(19-20-16(22)23-15)13-11-6-3-7-12(11)17-18-13/h2,4-5,8H,3,6-7H2,1H3,(H,17,18). The number of fused-ring (bicyclic) bond motifs is 2. The largest absolute Gasteiger partial charge is 0.282 e. The predicted molar refractivity (Wildman–Crippen MR) is 88.4 cm³/mol. The number of benzene rings is 1. The molecule has 5 rings (SSSR count). The van der Waals surface area contributed by atoms with Gasteiger partial charge in [0.25, 0.3) is 0 Å². The van der Waals surface area contributed by atoms with Gasteiger partial charge in [0.1, 0.15) is 10.7 Å². The molecular weight excluding hydrogens is 308 g/mol. The van der Waals surface area contributed by atoms with Gasteiger partial charge >= 0.3 is 0 Å². The Hall–Kier alpha value is -2.54. The fourth-order valence-electron chi connectivity index (χ4n) is 3.16. The van der Waals surface area contributed by atoms with Crippen LogP contribution >= 0.6 is 11.3 Å². The zero-order valence-corrected chi connectivity index (χ0v) is 13.4. The summed E-state index contributed by atoms with van der Waals surface area (Å²) in [5.74, 6) is 0.731. The van der Waals surface area contributed by atoms with Crippen molar-refractivity contribution in [2.24, 2.45) is 0 Å². The number of nitrogens with one attached hydrogen (secondary N) is 1. The van der Waals surface area contributed by atoms with Gasteiger partial charge in [0.15, 0.2) is 0 Å². The summed E-state index contributed by atoms with van der Waals surface area (Å²) in [7, 11) is 0. The van der Waals surface area contributed by atoms with Gasteiger partial charge in [-0.15, -0.1) is 10.2 Å². The van der Waals surface area contributed by atoms with Crippen molar-refractivity contribution in [1.82, 2.24) is 30.0 Å². The van der Waals surface area contributed by atoms with Gasteiger partial charge < -0.3 is 0 Å². The molecule has 3 heterocycles. The topological polar surface area (TPSA) is 71.8 Å². The Bertz CT molecular complexity index is 1020. The molecule has 4 aromatic rings. The number of hydrogen-bond donors (Lipinski definition) is 1. The predicted octanol–water partition coefficient (Wildman–Crippen LogP) is 3.04. The molecule has 0 spiro atoms. The average Bonchev–Trinajstić information content (AvgIpc) is 3.27. The molecule has 1 aliphatic rings. The summed E-state index contributed by atoms with van der Waals surface area (Å²) in [6.45, 7) is 2.09. The number of rotatable bonds is 2. The van der Waals surface area contributed by atoms with Crippen molar-refractivity contribution < 1.29 is 0 Å². The van der Waals surface area contributed by atoms with Crippen molar-refractivity contribution in [3.63, 3.8) is 0 Å². The molecule has 7 heteroatoms. The van der Waals surface area contributed by atoms with Crippen LogP contribution in [0.4, 0.5) is 0 Å². The molecule has 0 aliphatic heterocycles. The highest BCUT2D eigenvalue weighted by atomic mass is 32.1. The number of aromatic amines is 1. The first-order chi connectivity index (χ1) is 11.3. The molecule has 0 amide bonds. The Balaban J connectivity index is 1.66. The zero-order chi connectivity index (χ0) is 15.4. The minimum absolute atomic E-state index is 0.731. The van der Waals surface area contributed by atoms with Crippen molar-refractivity contribution in [1.29, 1.82) is 0 Å². The molecule has 1 aromatic carbocycles. The van der Waals surface area contributed by atoms with Crippen molar-refractivity contribution in [2.45, 2.75) is 26.2 Å². The normalized spacial score (nSPS) is 13.8. The van der Waals surface area contributed by atoms with Crippen LogP contribution in [0.15, 0.2) is 24.3 Å². The number of H-pyrrole nitrogens is 1. The molecular formula is C16H14N6S. The molecule has 1 aliphatic carbocycles. The van der Waals surface area contributed by atoms with Crippen molar-refractivity contribution >= 4 is 16.3 Å². The van der Waals surface area contributed by atoms with Crippen LogP contribution in [0.25, 0.3) is 27.1 Å². The van der Waals surface area contributed by atoms with Crippen molar-refractivity contribution in [2.75, 3.05) is 0 Å². The quantitative estimate of drug-likeness (QED) is 0.616. The van der Waals surface area contributed by atoms with E-state index in [9.17, 15) is 0 Å². The van der Waals surface area contributed by atoms with Crippen LogP contribution in [0.3, 0.4) is 0 Å². The van der Waals surface area contributed by atoms with E-state index in [1.807, 2.05) is 4.52 Å². The van der Waals surface area contributed by atoms with Crippen LogP contribution in [-0.4, -0.2) is 30.0 Å². The first kappa shape index (κ1) is 13.0. The molecule has 3 aromatic heterocycles. The molecule has 0 fully saturated rings. The van der Waals surface area contributed by atoms with E-state index >= 15 is 0 Å².